The van der Waals surface area contributed by atoms with Crippen LogP contribution in [0.25, 0.3) is 0 Å². The first-order chi connectivity index (χ1) is 9.88. The normalized spacial score (nSPS) is 22.3. The molecule has 2 N–H and O–H groups in total. The maximum atomic E-state index is 4.33. The summed E-state index contributed by atoms with van der Waals surface area (Å²) in [6.07, 6.45) is 2.64. The Balaban J connectivity index is 0.00000441. The molecule has 0 spiro atoms. The number of thioether (sulfide) groups is 1. The third-order valence-corrected chi connectivity index (χ3v) is 5.68. The van der Waals surface area contributed by atoms with E-state index in [0.717, 1.165) is 25.6 Å². The van der Waals surface area contributed by atoms with E-state index in [1.807, 2.05) is 7.05 Å². The lowest BCUT2D eigenvalue weighted by atomic mass is 10.1. The Kier molecular flexibility index (Phi) is 11.1. The van der Waals surface area contributed by atoms with Crippen molar-refractivity contribution in [2.24, 2.45) is 4.99 Å². The van der Waals surface area contributed by atoms with Gasteiger partial charge in [-0.3, -0.25) is 9.89 Å². The molecule has 6 heteroatoms. The number of hydrogen-bond donors (Lipinski definition) is 2. The van der Waals surface area contributed by atoms with Gasteiger partial charge in [0, 0.05) is 43.5 Å². The molecule has 0 amide bonds. The number of nitrogens with one attached hydrogen (secondary N) is 2. The highest BCUT2D eigenvalue weighted by molar-refractivity contribution is 14.0. The summed E-state index contributed by atoms with van der Waals surface area (Å²) in [5, 5.41) is 6.92. The Hall–Kier alpha value is 0.310. The molecule has 0 bridgehead atoms. The second-order valence-electron chi connectivity index (χ2n) is 6.68. The van der Waals surface area contributed by atoms with E-state index in [0.29, 0.717) is 16.8 Å². The molecule has 1 atom stereocenters. The molecule has 0 saturated carbocycles. The minimum atomic E-state index is 0. The summed E-state index contributed by atoms with van der Waals surface area (Å²) < 4.78 is 0.375. The highest BCUT2D eigenvalue weighted by Gasteiger charge is 2.29. The average Bonchev–Trinajstić information content (AvgIpc) is 2.84. The molecular weight excluding hydrogens is 407 g/mol. The molecular formula is C16H35IN4S. The van der Waals surface area contributed by atoms with Gasteiger partial charge in [0.05, 0.1) is 0 Å². The van der Waals surface area contributed by atoms with Gasteiger partial charge < -0.3 is 10.6 Å². The first-order valence-electron chi connectivity index (χ1n) is 8.22. The van der Waals surface area contributed by atoms with Crippen molar-refractivity contribution in [1.29, 1.82) is 0 Å². The lowest BCUT2D eigenvalue weighted by molar-refractivity contribution is 0.178. The smallest absolute Gasteiger partial charge is 0.191 e. The van der Waals surface area contributed by atoms with Crippen LogP contribution in [0.5, 0.6) is 0 Å². The maximum absolute atomic E-state index is 4.33. The number of hydrogen-bond acceptors (Lipinski definition) is 3. The summed E-state index contributed by atoms with van der Waals surface area (Å²) in [5.41, 5.74) is 0. The van der Waals surface area contributed by atoms with Crippen molar-refractivity contribution in [3.8, 4) is 0 Å². The van der Waals surface area contributed by atoms with Crippen LogP contribution in [0.4, 0.5) is 0 Å². The molecule has 4 nitrogen and oxygen atoms in total. The van der Waals surface area contributed by atoms with E-state index in [9.17, 15) is 0 Å². The highest BCUT2D eigenvalue weighted by Crippen LogP contribution is 2.36. The van der Waals surface area contributed by atoms with Crippen LogP contribution in [0.3, 0.4) is 0 Å². The summed E-state index contributed by atoms with van der Waals surface area (Å²) in [6.45, 7) is 14.3. The van der Waals surface area contributed by atoms with Gasteiger partial charge in [-0.2, -0.15) is 11.8 Å². The lowest BCUT2D eigenvalue weighted by Gasteiger charge is -2.31. The fraction of sp³-hybridized carbons (Fsp3) is 0.938. The Labute approximate surface area is 158 Å². The molecule has 1 rings (SSSR count). The first-order valence-corrected chi connectivity index (χ1v) is 9.21. The van der Waals surface area contributed by atoms with Crippen molar-refractivity contribution in [2.75, 3.05) is 32.4 Å². The van der Waals surface area contributed by atoms with Gasteiger partial charge in [-0.1, -0.05) is 0 Å². The van der Waals surface area contributed by atoms with Crippen LogP contribution in [0, 0.1) is 0 Å². The van der Waals surface area contributed by atoms with Crippen LogP contribution < -0.4 is 10.6 Å². The summed E-state index contributed by atoms with van der Waals surface area (Å²) >= 11 is 2.08. The second-order valence-corrected chi connectivity index (χ2v) is 8.36. The van der Waals surface area contributed by atoms with Crippen LogP contribution >= 0.6 is 35.7 Å². The van der Waals surface area contributed by atoms with Crippen LogP contribution in [-0.4, -0.2) is 60.1 Å². The van der Waals surface area contributed by atoms with E-state index in [4.69, 9.17) is 0 Å². The van der Waals surface area contributed by atoms with Crippen molar-refractivity contribution in [2.45, 2.75) is 64.3 Å². The van der Waals surface area contributed by atoms with Gasteiger partial charge >= 0.3 is 0 Å². The number of halogens is 1. The Bertz CT molecular complexity index is 320. The molecule has 22 heavy (non-hydrogen) atoms. The standard InChI is InChI=1S/C16H34N4S.HI/c1-13(2)20(14(3)4)10-9-18-15(17-6)19-12-16(5)8-7-11-21-16;/h13-14H,7-12H2,1-6H3,(H2,17,18,19);1H. The van der Waals surface area contributed by atoms with Gasteiger partial charge in [-0.05, 0) is 53.2 Å². The topological polar surface area (TPSA) is 39.7 Å². The van der Waals surface area contributed by atoms with Crippen LogP contribution in [0.1, 0.15) is 47.5 Å². The number of rotatable bonds is 7. The minimum absolute atomic E-state index is 0. The van der Waals surface area contributed by atoms with E-state index >= 15 is 0 Å². The molecule has 1 saturated heterocycles. The zero-order valence-corrected chi connectivity index (χ0v) is 18.3. The van der Waals surface area contributed by atoms with Gasteiger partial charge in [-0.25, -0.2) is 0 Å². The highest BCUT2D eigenvalue weighted by atomic mass is 127. The fourth-order valence-corrected chi connectivity index (χ4v) is 4.13. The molecule has 0 aromatic carbocycles. The van der Waals surface area contributed by atoms with E-state index in [-0.39, 0.29) is 24.0 Å². The van der Waals surface area contributed by atoms with E-state index in [1.54, 1.807) is 0 Å². The third kappa shape index (κ3) is 7.73. The van der Waals surface area contributed by atoms with E-state index in [1.165, 1.54) is 18.6 Å². The van der Waals surface area contributed by atoms with E-state index in [2.05, 4.69) is 66.9 Å². The lowest BCUT2D eigenvalue weighted by Crippen LogP contribution is -2.47. The zero-order chi connectivity index (χ0) is 15.9. The summed E-state index contributed by atoms with van der Waals surface area (Å²) in [7, 11) is 1.85. The Morgan fingerprint density at radius 3 is 2.32 bits per heavy atom. The SMILES string of the molecule is CN=C(NCCN(C(C)C)C(C)C)NCC1(C)CCCS1.I. The van der Waals surface area contributed by atoms with Crippen molar-refractivity contribution in [3.05, 3.63) is 0 Å². The summed E-state index contributed by atoms with van der Waals surface area (Å²) in [6, 6.07) is 1.16. The predicted molar refractivity (Wildman–Crippen MR) is 112 cm³/mol. The Morgan fingerprint density at radius 2 is 1.86 bits per heavy atom. The summed E-state index contributed by atoms with van der Waals surface area (Å²) in [4.78, 5) is 6.83. The van der Waals surface area contributed by atoms with Crippen molar-refractivity contribution in [1.82, 2.24) is 15.5 Å². The molecule has 0 radical (unpaired) electrons. The van der Waals surface area contributed by atoms with Crippen molar-refractivity contribution >= 4 is 41.7 Å². The molecule has 1 unspecified atom stereocenters. The first kappa shape index (κ1) is 22.3. The Morgan fingerprint density at radius 1 is 1.23 bits per heavy atom. The molecule has 132 valence electrons. The second kappa shape index (κ2) is 11.0. The molecule has 1 fully saturated rings. The largest absolute Gasteiger partial charge is 0.355 e. The summed E-state index contributed by atoms with van der Waals surface area (Å²) in [5.74, 6) is 2.22. The predicted octanol–water partition coefficient (Wildman–Crippen LogP) is 3.17. The van der Waals surface area contributed by atoms with Crippen molar-refractivity contribution in [3.63, 3.8) is 0 Å². The van der Waals surface area contributed by atoms with E-state index < -0.39 is 0 Å². The van der Waals surface area contributed by atoms with Crippen LogP contribution in [-0.2, 0) is 0 Å². The maximum Gasteiger partial charge on any atom is 0.191 e. The van der Waals surface area contributed by atoms with Gasteiger partial charge in [0.2, 0.25) is 0 Å². The fourth-order valence-electron chi connectivity index (χ4n) is 2.88. The van der Waals surface area contributed by atoms with Gasteiger partial charge in [0.15, 0.2) is 5.96 Å². The third-order valence-electron chi connectivity index (χ3n) is 4.14. The number of aliphatic imine (C=N–C) groups is 1. The van der Waals surface area contributed by atoms with Crippen molar-refractivity contribution < 1.29 is 0 Å². The molecule has 0 aromatic heterocycles. The number of guanidine groups is 1. The van der Waals surface area contributed by atoms with Gasteiger partial charge in [-0.15, -0.1) is 24.0 Å². The van der Waals surface area contributed by atoms with Crippen LogP contribution in [0.15, 0.2) is 4.99 Å². The monoisotopic (exact) mass is 442 g/mol. The minimum Gasteiger partial charge on any atom is -0.355 e. The van der Waals surface area contributed by atoms with Gasteiger partial charge in [0.25, 0.3) is 0 Å². The quantitative estimate of drug-likeness (QED) is 0.361. The van der Waals surface area contributed by atoms with Gasteiger partial charge in [0.1, 0.15) is 0 Å². The molecule has 0 aliphatic carbocycles. The molecule has 0 aromatic rings. The molecule has 1 heterocycles. The molecule has 1 aliphatic heterocycles. The number of nitrogens with zero attached hydrogens (tertiary/aromatic N) is 2. The van der Waals surface area contributed by atoms with Crippen LogP contribution in [0.2, 0.25) is 0 Å². The zero-order valence-electron chi connectivity index (χ0n) is 15.1. The average molecular weight is 442 g/mol. The molecule has 1 aliphatic rings.